The monoisotopic (exact) mass is 375 g/mol. The van der Waals surface area contributed by atoms with Crippen LogP contribution >= 0.6 is 0 Å². The predicted octanol–water partition coefficient (Wildman–Crippen LogP) is 4.28. The number of carbonyl (C=O) groups excluding carboxylic acids is 1. The predicted molar refractivity (Wildman–Crippen MR) is 97.9 cm³/mol. The van der Waals surface area contributed by atoms with Crippen LogP contribution in [0.1, 0.15) is 37.9 Å². The number of fused-ring (bicyclic) bond motifs is 1. The van der Waals surface area contributed by atoms with Crippen LogP contribution in [0.25, 0.3) is 0 Å². The van der Waals surface area contributed by atoms with Crippen molar-refractivity contribution in [2.45, 2.75) is 38.8 Å². The highest BCUT2D eigenvalue weighted by Gasteiger charge is 2.32. The van der Waals surface area contributed by atoms with Crippen molar-refractivity contribution in [2.75, 3.05) is 13.7 Å². The summed E-state index contributed by atoms with van der Waals surface area (Å²) in [5, 5.41) is 0. The van der Waals surface area contributed by atoms with E-state index in [4.69, 9.17) is 9.47 Å². The SMILES string of the molecule is CC(c1ccc(F)c(F)c1)N(C)C(=O)COc1cccc2c1OC(C)(C)C2. The lowest BCUT2D eigenvalue weighted by molar-refractivity contribution is -0.134. The first kappa shape index (κ1) is 19.1. The standard InChI is InChI=1S/C21H23F2NO3/c1-13(14-8-9-16(22)17(23)10-14)24(4)19(25)12-26-18-7-5-6-15-11-21(2,3)27-20(15)18/h5-10,13H,11-12H2,1-4H3. The molecule has 1 heterocycles. The first-order valence-electron chi connectivity index (χ1n) is 8.82. The summed E-state index contributed by atoms with van der Waals surface area (Å²) in [6.45, 7) is 5.57. The Morgan fingerprint density at radius 1 is 1.26 bits per heavy atom. The largest absolute Gasteiger partial charge is 0.483 e. The molecule has 0 radical (unpaired) electrons. The number of nitrogens with zero attached hydrogens (tertiary/aromatic N) is 1. The van der Waals surface area contributed by atoms with Crippen LogP contribution in [0.2, 0.25) is 0 Å². The third-order valence-corrected chi connectivity index (χ3v) is 4.81. The van der Waals surface area contributed by atoms with Gasteiger partial charge in [0.1, 0.15) is 5.60 Å². The Hall–Kier alpha value is -2.63. The van der Waals surface area contributed by atoms with Crippen LogP contribution in [0.4, 0.5) is 8.78 Å². The van der Waals surface area contributed by atoms with E-state index < -0.39 is 17.7 Å². The van der Waals surface area contributed by atoms with Crippen LogP contribution in [0.3, 0.4) is 0 Å². The lowest BCUT2D eigenvalue weighted by Crippen LogP contribution is -2.33. The molecule has 0 N–H and O–H groups in total. The number of ether oxygens (including phenoxy) is 2. The van der Waals surface area contributed by atoms with Crippen LogP contribution < -0.4 is 9.47 Å². The van der Waals surface area contributed by atoms with Crippen molar-refractivity contribution >= 4 is 5.91 Å². The molecule has 0 saturated carbocycles. The molecule has 0 aromatic heterocycles. The average molecular weight is 375 g/mol. The molecule has 1 aliphatic heterocycles. The maximum atomic E-state index is 13.4. The van der Waals surface area contributed by atoms with Gasteiger partial charge in [-0.25, -0.2) is 8.78 Å². The first-order chi connectivity index (χ1) is 12.7. The van der Waals surface area contributed by atoms with E-state index in [0.717, 1.165) is 24.1 Å². The highest BCUT2D eigenvalue weighted by Crippen LogP contribution is 2.41. The van der Waals surface area contributed by atoms with Gasteiger partial charge in [-0.15, -0.1) is 0 Å². The fourth-order valence-corrected chi connectivity index (χ4v) is 3.15. The third kappa shape index (κ3) is 4.04. The fourth-order valence-electron chi connectivity index (χ4n) is 3.15. The minimum atomic E-state index is -0.934. The van der Waals surface area contributed by atoms with Crippen molar-refractivity contribution in [3.8, 4) is 11.5 Å². The van der Waals surface area contributed by atoms with Crippen molar-refractivity contribution in [2.24, 2.45) is 0 Å². The van der Waals surface area contributed by atoms with Crippen molar-refractivity contribution in [3.63, 3.8) is 0 Å². The maximum absolute atomic E-state index is 13.4. The summed E-state index contributed by atoms with van der Waals surface area (Å²) in [7, 11) is 1.60. The van der Waals surface area contributed by atoms with Gasteiger partial charge in [0.05, 0.1) is 6.04 Å². The summed E-state index contributed by atoms with van der Waals surface area (Å²) in [6.07, 6.45) is 0.778. The average Bonchev–Trinajstić information content (AvgIpc) is 2.95. The molecule has 2 aromatic carbocycles. The van der Waals surface area contributed by atoms with Gasteiger partial charge in [-0.2, -0.15) is 0 Å². The molecule has 6 heteroatoms. The molecule has 2 aromatic rings. The highest BCUT2D eigenvalue weighted by molar-refractivity contribution is 5.78. The van der Waals surface area contributed by atoms with Crippen molar-refractivity contribution in [1.29, 1.82) is 0 Å². The Morgan fingerprint density at radius 3 is 2.70 bits per heavy atom. The van der Waals surface area contributed by atoms with Gasteiger partial charge in [0.25, 0.3) is 5.91 Å². The van der Waals surface area contributed by atoms with E-state index in [1.165, 1.54) is 11.0 Å². The molecule has 1 atom stereocenters. The second-order valence-corrected chi connectivity index (χ2v) is 7.43. The second-order valence-electron chi connectivity index (χ2n) is 7.43. The Balaban J connectivity index is 1.66. The molecule has 144 valence electrons. The molecule has 0 fully saturated rings. The summed E-state index contributed by atoms with van der Waals surface area (Å²) in [5.41, 5.74) is 1.26. The lowest BCUT2D eigenvalue weighted by Gasteiger charge is -2.25. The van der Waals surface area contributed by atoms with Gasteiger partial charge in [-0.05, 0) is 44.5 Å². The quantitative estimate of drug-likeness (QED) is 0.783. The lowest BCUT2D eigenvalue weighted by atomic mass is 10.0. The molecule has 4 nitrogen and oxygen atoms in total. The van der Waals surface area contributed by atoms with Gasteiger partial charge in [0.15, 0.2) is 29.7 Å². The van der Waals surface area contributed by atoms with Crippen LogP contribution in [0, 0.1) is 11.6 Å². The molecule has 0 aliphatic carbocycles. The minimum absolute atomic E-state index is 0.176. The van der Waals surface area contributed by atoms with Gasteiger partial charge in [-0.3, -0.25) is 4.79 Å². The first-order valence-corrected chi connectivity index (χ1v) is 8.82. The van der Waals surface area contributed by atoms with E-state index in [0.29, 0.717) is 17.1 Å². The number of amides is 1. The number of likely N-dealkylation sites (N-methyl/N-ethyl adjacent to an activating group) is 1. The fraction of sp³-hybridized carbons (Fsp3) is 0.381. The van der Waals surface area contributed by atoms with Gasteiger partial charge in [-0.1, -0.05) is 18.2 Å². The number of hydrogen-bond acceptors (Lipinski definition) is 3. The summed E-state index contributed by atoms with van der Waals surface area (Å²) in [5.74, 6) is -0.922. The summed E-state index contributed by atoms with van der Waals surface area (Å²) in [4.78, 5) is 13.9. The van der Waals surface area contributed by atoms with Gasteiger partial charge < -0.3 is 14.4 Å². The maximum Gasteiger partial charge on any atom is 0.260 e. The van der Waals surface area contributed by atoms with Gasteiger partial charge in [0, 0.05) is 19.0 Å². The molecule has 0 saturated heterocycles. The Labute approximate surface area is 157 Å². The zero-order chi connectivity index (χ0) is 19.8. The van der Waals surface area contributed by atoms with E-state index in [9.17, 15) is 13.6 Å². The van der Waals surface area contributed by atoms with E-state index in [1.807, 2.05) is 26.0 Å². The molecular weight excluding hydrogens is 352 g/mol. The van der Waals surface area contributed by atoms with Crippen molar-refractivity contribution < 1.29 is 23.0 Å². The summed E-state index contributed by atoms with van der Waals surface area (Å²) < 4.78 is 38.2. The zero-order valence-corrected chi connectivity index (χ0v) is 15.9. The Bertz CT molecular complexity index is 867. The molecule has 1 amide bonds. The molecule has 0 spiro atoms. The number of rotatable bonds is 5. The Morgan fingerprint density at radius 2 is 2.00 bits per heavy atom. The molecule has 1 aliphatic rings. The summed E-state index contributed by atoms with van der Waals surface area (Å²) >= 11 is 0. The third-order valence-electron chi connectivity index (χ3n) is 4.81. The normalized spacial score (nSPS) is 15.6. The van der Waals surface area contributed by atoms with Crippen LogP contribution in [-0.4, -0.2) is 30.1 Å². The van der Waals surface area contributed by atoms with Crippen LogP contribution in [0.5, 0.6) is 11.5 Å². The minimum Gasteiger partial charge on any atom is -0.483 e. The molecule has 3 rings (SSSR count). The smallest absolute Gasteiger partial charge is 0.260 e. The van der Waals surface area contributed by atoms with Crippen LogP contribution in [-0.2, 0) is 11.2 Å². The molecule has 0 bridgehead atoms. The Kier molecular flexibility index (Phi) is 5.09. The molecule has 1 unspecified atom stereocenters. The van der Waals surface area contributed by atoms with Gasteiger partial charge in [0.2, 0.25) is 0 Å². The zero-order valence-electron chi connectivity index (χ0n) is 15.9. The van der Waals surface area contributed by atoms with Crippen molar-refractivity contribution in [3.05, 3.63) is 59.2 Å². The van der Waals surface area contributed by atoms with Gasteiger partial charge >= 0.3 is 0 Å². The van der Waals surface area contributed by atoms with E-state index >= 15 is 0 Å². The van der Waals surface area contributed by atoms with E-state index in [1.54, 1.807) is 20.0 Å². The number of hydrogen-bond donors (Lipinski definition) is 0. The molecular formula is C21H23F2NO3. The van der Waals surface area contributed by atoms with E-state index in [-0.39, 0.29) is 18.1 Å². The van der Waals surface area contributed by atoms with Crippen LogP contribution in [0.15, 0.2) is 36.4 Å². The second kappa shape index (κ2) is 7.18. The number of halogens is 2. The molecule has 27 heavy (non-hydrogen) atoms. The number of benzene rings is 2. The summed E-state index contributed by atoms with van der Waals surface area (Å²) in [6, 6.07) is 8.83. The number of carbonyl (C=O) groups is 1. The highest BCUT2D eigenvalue weighted by atomic mass is 19.2. The number of para-hydroxylation sites is 1. The van der Waals surface area contributed by atoms with E-state index in [2.05, 4.69) is 0 Å². The van der Waals surface area contributed by atoms with Crippen molar-refractivity contribution in [1.82, 2.24) is 4.90 Å². The topological polar surface area (TPSA) is 38.8 Å².